The average Bonchev–Trinajstić information content (AvgIpc) is 3.06. The maximum Gasteiger partial charge on any atom is 0.331 e. The number of hydrogen-bond acceptors (Lipinski definition) is 4. The van der Waals surface area contributed by atoms with Crippen molar-refractivity contribution in [2.45, 2.75) is 55.9 Å². The fourth-order valence-corrected chi connectivity index (χ4v) is 5.99. The van der Waals surface area contributed by atoms with Crippen LogP contribution in [0.5, 0.6) is 0 Å². The van der Waals surface area contributed by atoms with E-state index in [9.17, 15) is 9.90 Å². The summed E-state index contributed by atoms with van der Waals surface area (Å²) in [5.41, 5.74) is 3.03. The zero-order chi connectivity index (χ0) is 21.2. The molecule has 5 heteroatoms. The molecule has 0 aliphatic heterocycles. The van der Waals surface area contributed by atoms with Gasteiger partial charge in [-0.05, 0) is 85.6 Å². The normalized spacial score (nSPS) is 27.6. The Labute approximate surface area is 183 Å². The third-order valence-electron chi connectivity index (χ3n) is 7.29. The minimum atomic E-state index is -0.746. The highest BCUT2D eigenvalue weighted by molar-refractivity contribution is 6.30. The van der Waals surface area contributed by atoms with Gasteiger partial charge in [-0.2, -0.15) is 0 Å². The highest BCUT2D eigenvalue weighted by Crippen LogP contribution is 2.55. The lowest BCUT2D eigenvalue weighted by molar-refractivity contribution is -0.148. The molecule has 0 radical (unpaired) electrons. The fourth-order valence-electron chi connectivity index (χ4n) is 5.80. The minimum absolute atomic E-state index is 0.0687. The second-order valence-electron chi connectivity index (χ2n) is 8.79. The van der Waals surface area contributed by atoms with E-state index in [4.69, 9.17) is 16.3 Å². The van der Waals surface area contributed by atoms with Crippen molar-refractivity contribution >= 4 is 23.3 Å². The van der Waals surface area contributed by atoms with Crippen molar-refractivity contribution < 1.29 is 14.6 Å². The third kappa shape index (κ3) is 3.72. The van der Waals surface area contributed by atoms with E-state index < -0.39 is 5.54 Å². The summed E-state index contributed by atoms with van der Waals surface area (Å²) in [6.45, 7) is 0.228. The van der Waals surface area contributed by atoms with Gasteiger partial charge < -0.3 is 15.2 Å². The molecule has 2 aliphatic carbocycles. The molecule has 4 rings (SSSR count). The van der Waals surface area contributed by atoms with Crippen LogP contribution in [0.4, 0.5) is 5.69 Å². The quantitative estimate of drug-likeness (QED) is 0.628. The summed E-state index contributed by atoms with van der Waals surface area (Å²) in [5.74, 6) is 0.291. The SMILES string of the molecule is COC(=O)C1(Nc2cccc(Cl)c2)CCC2(CC1)c1ccccc1C[C@@H]2CCCO. The van der Waals surface area contributed by atoms with Gasteiger partial charge in [0.15, 0.2) is 0 Å². The van der Waals surface area contributed by atoms with Crippen LogP contribution >= 0.6 is 11.6 Å². The topological polar surface area (TPSA) is 58.6 Å². The van der Waals surface area contributed by atoms with Crippen LogP contribution in [-0.2, 0) is 21.4 Å². The van der Waals surface area contributed by atoms with Crippen molar-refractivity contribution in [3.8, 4) is 0 Å². The van der Waals surface area contributed by atoms with Crippen LogP contribution < -0.4 is 5.32 Å². The van der Waals surface area contributed by atoms with Gasteiger partial charge in [-0.15, -0.1) is 0 Å². The predicted octanol–water partition coefficient (Wildman–Crippen LogP) is 5.12. The van der Waals surface area contributed by atoms with Crippen LogP contribution in [0.25, 0.3) is 0 Å². The molecule has 4 nitrogen and oxygen atoms in total. The van der Waals surface area contributed by atoms with Gasteiger partial charge in [0.2, 0.25) is 0 Å². The largest absolute Gasteiger partial charge is 0.467 e. The van der Waals surface area contributed by atoms with Gasteiger partial charge >= 0.3 is 5.97 Å². The molecule has 1 saturated carbocycles. The van der Waals surface area contributed by atoms with E-state index in [2.05, 4.69) is 29.6 Å². The molecule has 0 aromatic heterocycles. The molecule has 1 spiro atoms. The number of ether oxygens (including phenoxy) is 1. The average molecular weight is 428 g/mol. The Hall–Kier alpha value is -2.04. The molecule has 2 aromatic carbocycles. The summed E-state index contributed by atoms with van der Waals surface area (Å²) < 4.78 is 5.24. The Balaban J connectivity index is 1.63. The van der Waals surface area contributed by atoms with E-state index in [0.717, 1.165) is 37.8 Å². The highest BCUT2D eigenvalue weighted by atomic mass is 35.5. The monoisotopic (exact) mass is 427 g/mol. The third-order valence-corrected chi connectivity index (χ3v) is 7.53. The number of anilines is 1. The van der Waals surface area contributed by atoms with Crippen molar-refractivity contribution in [2.24, 2.45) is 5.92 Å². The standard InChI is InChI=1S/C25H30ClNO3/c1-30-23(29)25(27-21-9-4-8-20(26)17-21)13-11-24(12-14-25)19(7-5-15-28)16-18-6-2-3-10-22(18)24/h2-4,6,8-10,17,19,27-28H,5,7,11-16H2,1H3/t19-,24?,25?/m0/s1. The molecule has 0 amide bonds. The lowest BCUT2D eigenvalue weighted by Gasteiger charge is -2.47. The van der Waals surface area contributed by atoms with Crippen molar-refractivity contribution in [1.82, 2.24) is 0 Å². The summed E-state index contributed by atoms with van der Waals surface area (Å²) in [6.07, 6.45) is 6.14. The number of aliphatic hydroxyl groups is 1. The Morgan fingerprint density at radius 1 is 1.17 bits per heavy atom. The lowest BCUT2D eigenvalue weighted by Crippen LogP contribution is -2.53. The first kappa shape index (κ1) is 21.2. The van der Waals surface area contributed by atoms with Crippen molar-refractivity contribution in [3.63, 3.8) is 0 Å². The number of nitrogens with one attached hydrogen (secondary N) is 1. The first-order valence-electron chi connectivity index (χ1n) is 10.8. The van der Waals surface area contributed by atoms with Crippen LogP contribution in [0.2, 0.25) is 5.02 Å². The highest BCUT2D eigenvalue weighted by Gasteiger charge is 2.53. The van der Waals surface area contributed by atoms with Crippen LogP contribution in [0.1, 0.15) is 49.7 Å². The number of carbonyl (C=O) groups is 1. The molecule has 0 saturated heterocycles. The summed E-state index contributed by atoms with van der Waals surface area (Å²) in [7, 11) is 1.46. The van der Waals surface area contributed by atoms with Crippen LogP contribution in [0.15, 0.2) is 48.5 Å². The number of esters is 1. The number of rotatable bonds is 6. The smallest absolute Gasteiger partial charge is 0.331 e. The van der Waals surface area contributed by atoms with Gasteiger partial charge in [0.1, 0.15) is 5.54 Å². The lowest BCUT2D eigenvalue weighted by atomic mass is 9.60. The van der Waals surface area contributed by atoms with Crippen molar-refractivity contribution in [1.29, 1.82) is 0 Å². The van der Waals surface area contributed by atoms with Gasteiger partial charge in [-0.25, -0.2) is 4.79 Å². The molecule has 2 N–H and O–H groups in total. The fraction of sp³-hybridized carbons (Fsp3) is 0.480. The van der Waals surface area contributed by atoms with Gasteiger partial charge in [-0.1, -0.05) is 41.9 Å². The zero-order valence-electron chi connectivity index (χ0n) is 17.5. The number of aliphatic hydroxyl groups excluding tert-OH is 1. The molecule has 2 aliphatic rings. The van der Waals surface area contributed by atoms with Crippen molar-refractivity contribution in [3.05, 3.63) is 64.7 Å². The van der Waals surface area contributed by atoms with Gasteiger partial charge in [0.25, 0.3) is 0 Å². The Bertz CT molecular complexity index is 905. The summed E-state index contributed by atoms with van der Waals surface area (Å²) >= 11 is 6.17. The molecule has 30 heavy (non-hydrogen) atoms. The molecule has 0 heterocycles. The molecule has 1 fully saturated rings. The van der Waals surface area contributed by atoms with E-state index in [1.807, 2.05) is 24.3 Å². The molecular weight excluding hydrogens is 398 g/mol. The van der Waals surface area contributed by atoms with Gasteiger partial charge in [0, 0.05) is 17.3 Å². The van der Waals surface area contributed by atoms with E-state index in [1.54, 1.807) is 0 Å². The number of benzene rings is 2. The van der Waals surface area contributed by atoms with E-state index >= 15 is 0 Å². The number of hydrogen-bond donors (Lipinski definition) is 2. The second kappa shape index (κ2) is 8.60. The maximum atomic E-state index is 12.9. The molecule has 160 valence electrons. The maximum absolute atomic E-state index is 12.9. The number of fused-ring (bicyclic) bond motifs is 2. The van der Waals surface area contributed by atoms with Crippen LogP contribution in [-0.4, -0.2) is 30.3 Å². The first-order valence-corrected chi connectivity index (χ1v) is 11.2. The summed E-state index contributed by atoms with van der Waals surface area (Å²) in [5, 5.41) is 13.5. The number of methoxy groups -OCH3 is 1. The summed E-state index contributed by atoms with van der Waals surface area (Å²) in [4.78, 5) is 12.9. The summed E-state index contributed by atoms with van der Waals surface area (Å²) in [6, 6.07) is 16.3. The molecular formula is C25H30ClNO3. The van der Waals surface area contributed by atoms with Crippen LogP contribution in [0.3, 0.4) is 0 Å². The Kier molecular flexibility index (Phi) is 6.08. The molecule has 0 bridgehead atoms. The zero-order valence-corrected chi connectivity index (χ0v) is 18.3. The van der Waals surface area contributed by atoms with Gasteiger partial charge in [-0.3, -0.25) is 0 Å². The second-order valence-corrected chi connectivity index (χ2v) is 9.23. The number of carbonyl (C=O) groups excluding carboxylic acids is 1. The predicted molar refractivity (Wildman–Crippen MR) is 120 cm³/mol. The molecule has 0 unspecified atom stereocenters. The Morgan fingerprint density at radius 2 is 1.93 bits per heavy atom. The minimum Gasteiger partial charge on any atom is -0.467 e. The number of halogens is 1. The van der Waals surface area contributed by atoms with Crippen molar-refractivity contribution in [2.75, 3.05) is 19.0 Å². The molecule has 2 aromatic rings. The molecule has 1 atom stereocenters. The van der Waals surface area contributed by atoms with E-state index in [-0.39, 0.29) is 18.0 Å². The Morgan fingerprint density at radius 3 is 2.63 bits per heavy atom. The van der Waals surface area contributed by atoms with E-state index in [1.165, 1.54) is 18.2 Å². The first-order chi connectivity index (χ1) is 14.5. The van der Waals surface area contributed by atoms with E-state index in [0.29, 0.717) is 23.8 Å². The van der Waals surface area contributed by atoms with Crippen LogP contribution in [0, 0.1) is 5.92 Å². The van der Waals surface area contributed by atoms with Gasteiger partial charge in [0.05, 0.1) is 7.11 Å².